The summed E-state index contributed by atoms with van der Waals surface area (Å²) in [5.74, 6) is 1.39. The first-order valence-electron chi connectivity index (χ1n) is 9.71. The van der Waals surface area contributed by atoms with Gasteiger partial charge in [0.05, 0.1) is 19.8 Å². The lowest BCUT2D eigenvalue weighted by molar-refractivity contribution is 0.00247. The monoisotopic (exact) mass is 523 g/mol. The Morgan fingerprint density at radius 1 is 1.29 bits per heavy atom. The van der Waals surface area contributed by atoms with E-state index < -0.39 is 0 Å². The average Bonchev–Trinajstić information content (AvgIpc) is 3.23. The molecule has 0 spiro atoms. The van der Waals surface area contributed by atoms with Crippen LogP contribution in [0.2, 0.25) is 5.15 Å². The maximum Gasteiger partial charge on any atom is 0.191 e. The van der Waals surface area contributed by atoms with Crippen LogP contribution in [0.1, 0.15) is 12.0 Å². The van der Waals surface area contributed by atoms with Crippen LogP contribution in [-0.2, 0) is 15.9 Å². The highest BCUT2D eigenvalue weighted by molar-refractivity contribution is 14.0. The van der Waals surface area contributed by atoms with Gasteiger partial charge in [0.25, 0.3) is 0 Å². The zero-order valence-corrected chi connectivity index (χ0v) is 19.5. The molecule has 2 unspecified atom stereocenters. The van der Waals surface area contributed by atoms with Crippen molar-refractivity contribution in [2.75, 3.05) is 59.7 Å². The smallest absolute Gasteiger partial charge is 0.191 e. The molecule has 2 aliphatic rings. The lowest BCUT2D eigenvalue weighted by Crippen LogP contribution is -2.53. The van der Waals surface area contributed by atoms with E-state index in [1.807, 2.05) is 25.4 Å². The number of aromatic nitrogens is 1. The largest absolute Gasteiger partial charge is 0.381 e. The minimum Gasteiger partial charge on any atom is -0.381 e. The zero-order valence-electron chi connectivity index (χ0n) is 16.4. The third-order valence-electron chi connectivity index (χ3n) is 5.22. The van der Waals surface area contributed by atoms with Crippen LogP contribution in [0.15, 0.2) is 23.3 Å². The van der Waals surface area contributed by atoms with Crippen molar-refractivity contribution in [1.29, 1.82) is 0 Å². The number of rotatable bonds is 7. The Morgan fingerprint density at radius 2 is 2.11 bits per heavy atom. The summed E-state index contributed by atoms with van der Waals surface area (Å²) >= 11 is 5.83. The predicted octanol–water partition coefficient (Wildman–Crippen LogP) is 1.80. The fraction of sp³-hybridized carbons (Fsp3) is 0.684. The second-order valence-electron chi connectivity index (χ2n) is 6.96. The van der Waals surface area contributed by atoms with Crippen molar-refractivity contribution in [2.45, 2.75) is 18.9 Å². The molecule has 2 aliphatic heterocycles. The maximum absolute atomic E-state index is 5.83. The minimum atomic E-state index is 0. The van der Waals surface area contributed by atoms with Gasteiger partial charge in [-0.2, -0.15) is 0 Å². The fourth-order valence-corrected chi connectivity index (χ4v) is 3.77. The van der Waals surface area contributed by atoms with Crippen molar-refractivity contribution in [3.8, 4) is 0 Å². The molecule has 3 rings (SSSR count). The summed E-state index contributed by atoms with van der Waals surface area (Å²) in [6, 6.07) is 4.26. The molecule has 0 saturated carbocycles. The molecule has 2 atom stereocenters. The lowest BCUT2D eigenvalue weighted by atomic mass is 9.97. The van der Waals surface area contributed by atoms with Gasteiger partial charge >= 0.3 is 0 Å². The van der Waals surface area contributed by atoms with Crippen molar-refractivity contribution < 1.29 is 9.47 Å². The molecular formula is C19H31ClIN5O2. The van der Waals surface area contributed by atoms with Gasteiger partial charge in [-0.25, -0.2) is 4.98 Å². The highest BCUT2D eigenvalue weighted by Gasteiger charge is 2.31. The third kappa shape index (κ3) is 7.29. The number of hydrogen-bond acceptors (Lipinski definition) is 5. The standard InChI is InChI=1S/C19H30ClN5O2.HI/c1-21-19(22-6-4-15-2-3-18(20)23-12-15)24-13-17(16-5-9-27-14-16)25-7-10-26-11-8-25;/h2-3,12,16-17H,4-11,13-14H2,1H3,(H2,21,22,24);1H. The van der Waals surface area contributed by atoms with E-state index in [4.69, 9.17) is 21.1 Å². The van der Waals surface area contributed by atoms with Gasteiger partial charge in [-0.05, 0) is 24.5 Å². The first-order valence-corrected chi connectivity index (χ1v) is 10.1. The number of guanidine groups is 1. The van der Waals surface area contributed by atoms with Crippen LogP contribution in [0.3, 0.4) is 0 Å². The maximum atomic E-state index is 5.83. The Bertz CT molecular complexity index is 592. The normalized spacial score (nSPS) is 21.8. The van der Waals surface area contributed by atoms with Gasteiger partial charge in [0.15, 0.2) is 5.96 Å². The molecular weight excluding hydrogens is 493 g/mol. The van der Waals surface area contributed by atoms with Crippen LogP contribution in [0.5, 0.6) is 0 Å². The van der Waals surface area contributed by atoms with Crippen LogP contribution in [0, 0.1) is 5.92 Å². The molecule has 0 amide bonds. The summed E-state index contributed by atoms with van der Waals surface area (Å²) in [5, 5.41) is 7.41. The zero-order chi connectivity index (χ0) is 18.9. The topological polar surface area (TPSA) is 71.0 Å². The molecule has 1 aromatic rings. The summed E-state index contributed by atoms with van der Waals surface area (Å²) in [4.78, 5) is 11.0. The molecule has 2 N–H and O–H groups in total. The van der Waals surface area contributed by atoms with Gasteiger partial charge in [0.1, 0.15) is 5.15 Å². The van der Waals surface area contributed by atoms with Crippen molar-refractivity contribution in [1.82, 2.24) is 20.5 Å². The molecule has 2 saturated heterocycles. The Balaban J connectivity index is 0.00000280. The molecule has 7 nitrogen and oxygen atoms in total. The molecule has 28 heavy (non-hydrogen) atoms. The first kappa shape index (κ1) is 23.6. The van der Waals surface area contributed by atoms with Crippen molar-refractivity contribution in [3.63, 3.8) is 0 Å². The summed E-state index contributed by atoms with van der Waals surface area (Å²) < 4.78 is 11.2. The summed E-state index contributed by atoms with van der Waals surface area (Å²) in [6.07, 6.45) is 3.81. The quantitative estimate of drug-likeness (QED) is 0.246. The number of hydrogen-bond donors (Lipinski definition) is 2. The van der Waals surface area contributed by atoms with Crippen LogP contribution in [-0.4, -0.2) is 81.5 Å². The van der Waals surface area contributed by atoms with Crippen LogP contribution in [0.25, 0.3) is 0 Å². The molecule has 158 valence electrons. The average molecular weight is 524 g/mol. The minimum absolute atomic E-state index is 0. The number of halogens is 2. The Hall–Kier alpha value is -0.680. The predicted molar refractivity (Wildman–Crippen MR) is 123 cm³/mol. The van der Waals surface area contributed by atoms with Crippen LogP contribution >= 0.6 is 35.6 Å². The Morgan fingerprint density at radius 3 is 2.75 bits per heavy atom. The number of ether oxygens (including phenoxy) is 2. The van der Waals surface area contributed by atoms with Gasteiger partial charge < -0.3 is 20.1 Å². The number of pyridine rings is 1. The van der Waals surface area contributed by atoms with E-state index in [1.54, 1.807) is 0 Å². The van der Waals surface area contributed by atoms with E-state index in [1.165, 1.54) is 0 Å². The lowest BCUT2D eigenvalue weighted by Gasteiger charge is -2.37. The van der Waals surface area contributed by atoms with Gasteiger partial charge in [-0.15, -0.1) is 24.0 Å². The highest BCUT2D eigenvalue weighted by Crippen LogP contribution is 2.21. The van der Waals surface area contributed by atoms with Crippen molar-refractivity contribution in [2.24, 2.45) is 10.9 Å². The fourth-order valence-electron chi connectivity index (χ4n) is 3.66. The molecule has 2 fully saturated rings. The van der Waals surface area contributed by atoms with Crippen LogP contribution < -0.4 is 10.6 Å². The van der Waals surface area contributed by atoms with Crippen molar-refractivity contribution in [3.05, 3.63) is 29.0 Å². The molecule has 0 aliphatic carbocycles. The SMILES string of the molecule is CN=C(NCCc1ccc(Cl)nc1)NCC(C1CCOC1)N1CCOCC1.I. The summed E-state index contributed by atoms with van der Waals surface area (Å²) in [7, 11) is 1.81. The second kappa shape index (κ2) is 12.8. The Labute approximate surface area is 189 Å². The first-order chi connectivity index (χ1) is 13.3. The van der Waals surface area contributed by atoms with Gasteiger partial charge in [0, 0.05) is 58.0 Å². The molecule has 0 bridgehead atoms. The molecule has 0 aromatic carbocycles. The molecule has 3 heterocycles. The van der Waals surface area contributed by atoms with E-state index in [9.17, 15) is 0 Å². The number of nitrogens with one attached hydrogen (secondary N) is 2. The van der Waals surface area contributed by atoms with E-state index in [2.05, 4.69) is 25.5 Å². The summed E-state index contributed by atoms with van der Waals surface area (Å²) in [5.41, 5.74) is 1.15. The van der Waals surface area contributed by atoms with E-state index in [0.717, 1.165) is 77.0 Å². The summed E-state index contributed by atoms with van der Waals surface area (Å²) in [6.45, 7) is 6.95. The van der Waals surface area contributed by atoms with Gasteiger partial charge in [-0.3, -0.25) is 9.89 Å². The van der Waals surface area contributed by atoms with Gasteiger partial charge in [-0.1, -0.05) is 17.7 Å². The van der Waals surface area contributed by atoms with Gasteiger partial charge in [0.2, 0.25) is 0 Å². The number of morpholine rings is 1. The number of nitrogens with zero attached hydrogens (tertiary/aromatic N) is 3. The van der Waals surface area contributed by atoms with E-state index in [-0.39, 0.29) is 24.0 Å². The van der Waals surface area contributed by atoms with Crippen molar-refractivity contribution >= 4 is 41.5 Å². The molecule has 1 aromatic heterocycles. The van der Waals surface area contributed by atoms with Crippen LogP contribution in [0.4, 0.5) is 0 Å². The number of aliphatic imine (C=N–C) groups is 1. The third-order valence-corrected chi connectivity index (χ3v) is 5.44. The Kier molecular flexibility index (Phi) is 10.8. The molecule has 9 heteroatoms. The van der Waals surface area contributed by atoms with E-state index >= 15 is 0 Å². The van der Waals surface area contributed by atoms with E-state index in [0.29, 0.717) is 17.1 Å². The highest BCUT2D eigenvalue weighted by atomic mass is 127. The molecule has 0 radical (unpaired) electrons. The second-order valence-corrected chi connectivity index (χ2v) is 7.35.